The van der Waals surface area contributed by atoms with Crippen molar-refractivity contribution in [1.29, 1.82) is 0 Å². The summed E-state index contributed by atoms with van der Waals surface area (Å²) >= 11 is 0. The molecule has 0 saturated heterocycles. The van der Waals surface area contributed by atoms with E-state index in [-0.39, 0.29) is 17.5 Å². The summed E-state index contributed by atoms with van der Waals surface area (Å²) in [6.07, 6.45) is 1.66. The number of para-hydroxylation sites is 1. The van der Waals surface area contributed by atoms with Crippen LogP contribution in [-0.4, -0.2) is 42.8 Å². The lowest BCUT2D eigenvalue weighted by Gasteiger charge is -2.33. The van der Waals surface area contributed by atoms with Crippen LogP contribution in [0.5, 0.6) is 0 Å². The van der Waals surface area contributed by atoms with Gasteiger partial charge in [-0.3, -0.25) is 14.6 Å². The third-order valence-electron chi connectivity index (χ3n) is 6.69. The van der Waals surface area contributed by atoms with Crippen LogP contribution >= 0.6 is 0 Å². The zero-order valence-electron chi connectivity index (χ0n) is 21.9. The largest absolute Gasteiger partial charge is 0.462 e. The quantitative estimate of drug-likeness (QED) is 0.463. The van der Waals surface area contributed by atoms with Crippen LogP contribution in [0.25, 0.3) is 0 Å². The number of anilines is 1. The van der Waals surface area contributed by atoms with Crippen molar-refractivity contribution in [3.05, 3.63) is 65.5 Å². The van der Waals surface area contributed by atoms with Crippen molar-refractivity contribution in [3.63, 3.8) is 0 Å². The van der Waals surface area contributed by atoms with Gasteiger partial charge in [0.25, 0.3) is 0 Å². The first-order valence-corrected chi connectivity index (χ1v) is 12.8. The van der Waals surface area contributed by atoms with Gasteiger partial charge in [-0.05, 0) is 49.1 Å². The molecule has 0 spiro atoms. The highest BCUT2D eigenvalue weighted by Crippen LogP contribution is 2.32. The molecule has 1 heterocycles. The lowest BCUT2D eigenvalue weighted by atomic mass is 9.82. The smallest absolute Gasteiger partial charge is 0.302 e. The summed E-state index contributed by atoms with van der Waals surface area (Å²) in [6, 6.07) is 12.9. The van der Waals surface area contributed by atoms with Crippen LogP contribution in [0.3, 0.4) is 0 Å². The fourth-order valence-electron chi connectivity index (χ4n) is 4.85. The number of unbranched alkanes of at least 4 members (excludes halogenated alkanes) is 1. The fourth-order valence-corrected chi connectivity index (χ4v) is 4.85. The van der Waals surface area contributed by atoms with E-state index in [4.69, 9.17) is 15.5 Å². The molecule has 0 aromatic heterocycles. The number of hydrogen-bond donors (Lipinski definition) is 1. The molecule has 7 heteroatoms. The third kappa shape index (κ3) is 6.38. The Kier molecular flexibility index (Phi) is 9.37. The Morgan fingerprint density at radius 2 is 1.81 bits per heavy atom. The van der Waals surface area contributed by atoms with Gasteiger partial charge >= 0.3 is 5.97 Å². The van der Waals surface area contributed by atoms with Gasteiger partial charge in [0.1, 0.15) is 24.1 Å². The van der Waals surface area contributed by atoms with E-state index in [0.717, 1.165) is 24.1 Å². The molecule has 0 aliphatic carbocycles. The van der Waals surface area contributed by atoms with Crippen molar-refractivity contribution < 1.29 is 18.7 Å². The summed E-state index contributed by atoms with van der Waals surface area (Å²) in [7, 11) is 1.85. The molecule has 36 heavy (non-hydrogen) atoms. The van der Waals surface area contributed by atoms with Gasteiger partial charge in [-0.15, -0.1) is 0 Å². The van der Waals surface area contributed by atoms with Gasteiger partial charge < -0.3 is 15.4 Å². The van der Waals surface area contributed by atoms with E-state index in [1.807, 2.05) is 50.1 Å². The Balaban J connectivity index is 2.13. The zero-order chi connectivity index (χ0) is 26.4. The van der Waals surface area contributed by atoms with Crippen molar-refractivity contribution >= 4 is 23.2 Å². The zero-order valence-corrected chi connectivity index (χ0v) is 21.9. The predicted molar refractivity (Wildman–Crippen MR) is 142 cm³/mol. The summed E-state index contributed by atoms with van der Waals surface area (Å²) in [4.78, 5) is 33.0. The van der Waals surface area contributed by atoms with Crippen LogP contribution in [-0.2, 0) is 14.3 Å². The highest BCUT2D eigenvalue weighted by atomic mass is 19.1. The number of carbonyl (C=O) groups is 2. The van der Waals surface area contributed by atoms with Crippen molar-refractivity contribution in [2.75, 3.05) is 11.9 Å². The average molecular weight is 496 g/mol. The number of nitrogens with two attached hydrogens (primary N) is 1. The first kappa shape index (κ1) is 27.5. The number of ether oxygens (including phenoxy) is 1. The molecular weight excluding hydrogens is 457 g/mol. The molecule has 1 aliphatic rings. The highest BCUT2D eigenvalue weighted by Gasteiger charge is 2.40. The highest BCUT2D eigenvalue weighted by molar-refractivity contribution is 6.17. The molecule has 2 aromatic rings. The molecule has 4 unspecified atom stereocenters. The molecule has 3 rings (SSSR count). The number of rotatable bonds is 10. The summed E-state index contributed by atoms with van der Waals surface area (Å²) in [6.45, 7) is 7.54. The van der Waals surface area contributed by atoms with Crippen LogP contribution in [0.15, 0.2) is 53.5 Å². The van der Waals surface area contributed by atoms with Crippen LogP contribution in [0.1, 0.15) is 64.5 Å². The maximum absolute atomic E-state index is 14.2. The van der Waals surface area contributed by atoms with Gasteiger partial charge in [0, 0.05) is 30.8 Å². The monoisotopic (exact) mass is 495 g/mol. The van der Waals surface area contributed by atoms with Crippen molar-refractivity contribution in [3.8, 4) is 0 Å². The van der Waals surface area contributed by atoms with Crippen molar-refractivity contribution in [2.45, 2.75) is 71.7 Å². The minimum absolute atomic E-state index is 0.141. The normalized spacial score (nSPS) is 19.2. The Morgan fingerprint density at radius 3 is 2.42 bits per heavy atom. The number of esters is 1. The number of nitrogens with zero attached hydrogens (tertiary/aromatic N) is 2. The van der Waals surface area contributed by atoms with Gasteiger partial charge in [0.2, 0.25) is 0 Å². The summed E-state index contributed by atoms with van der Waals surface area (Å²) < 4.78 is 19.4. The Morgan fingerprint density at radius 1 is 1.14 bits per heavy atom. The van der Waals surface area contributed by atoms with Gasteiger partial charge in [-0.1, -0.05) is 51.8 Å². The number of ketones is 1. The molecule has 1 aliphatic heterocycles. The molecule has 0 fully saturated rings. The second kappa shape index (κ2) is 12.3. The lowest BCUT2D eigenvalue weighted by molar-refractivity contribution is -0.152. The summed E-state index contributed by atoms with van der Waals surface area (Å²) in [5.41, 5.74) is 9.65. The first-order chi connectivity index (χ1) is 17.1. The van der Waals surface area contributed by atoms with Gasteiger partial charge in [0.15, 0.2) is 5.78 Å². The maximum atomic E-state index is 14.2. The molecule has 2 aromatic carbocycles. The molecule has 0 saturated carbocycles. The lowest BCUT2D eigenvalue weighted by Crippen LogP contribution is -2.53. The van der Waals surface area contributed by atoms with Crippen LogP contribution in [0.2, 0.25) is 0 Å². The van der Waals surface area contributed by atoms with E-state index in [9.17, 15) is 14.0 Å². The Hall–Kier alpha value is -3.06. The van der Waals surface area contributed by atoms with E-state index in [1.54, 1.807) is 12.1 Å². The minimum atomic E-state index is -0.897. The second-order valence-corrected chi connectivity index (χ2v) is 9.98. The molecular formula is C29H38FN3O3. The first-order valence-electron chi connectivity index (χ1n) is 12.8. The van der Waals surface area contributed by atoms with Crippen LogP contribution in [0, 0.1) is 17.7 Å². The van der Waals surface area contributed by atoms with Gasteiger partial charge in [0.05, 0.1) is 11.6 Å². The topological polar surface area (TPSA) is 85.0 Å². The number of benzodiazepines with no additional fused rings is 1. The van der Waals surface area contributed by atoms with E-state index in [2.05, 4.69) is 6.92 Å². The molecule has 0 amide bonds. The Labute approximate surface area is 213 Å². The molecule has 194 valence electrons. The molecule has 0 radical (unpaired) electrons. The predicted octanol–water partition coefficient (Wildman–Crippen LogP) is 5.12. The molecule has 2 N–H and O–H groups in total. The molecule has 6 nitrogen and oxygen atoms in total. The van der Waals surface area contributed by atoms with Gasteiger partial charge in [-0.2, -0.15) is 0 Å². The van der Waals surface area contributed by atoms with E-state index in [1.165, 1.54) is 19.1 Å². The van der Waals surface area contributed by atoms with Crippen molar-refractivity contribution in [2.24, 2.45) is 22.6 Å². The number of aliphatic imine (C=N–C) groups is 1. The number of fused-ring (bicyclic) bond motifs is 1. The average Bonchev–Trinajstić information content (AvgIpc) is 2.95. The van der Waals surface area contributed by atoms with Gasteiger partial charge in [-0.25, -0.2) is 4.39 Å². The van der Waals surface area contributed by atoms with E-state index >= 15 is 0 Å². The summed E-state index contributed by atoms with van der Waals surface area (Å²) in [5, 5.41) is 0. The van der Waals surface area contributed by atoms with E-state index < -0.39 is 30.2 Å². The number of halogens is 1. The number of Topliss-reactive ketones (excluding diaryl/α,β-unsaturated/α-hetero) is 1. The number of carbonyl (C=O) groups excluding carboxylic acids is 2. The standard InChI is InChI=1S/C29H38FN3O3/c1-6-7-12-25(36-19(4)34)23(17-18(2)3)28(35)27-29(31)33(5)24-11-9-8-10-22(24)26(32-27)20-13-15-21(30)16-14-20/h8-11,13-16,18,23,25,27,29H,6-7,12,17,31H2,1-5H3. The van der Waals surface area contributed by atoms with Crippen LogP contribution < -0.4 is 10.6 Å². The Bertz CT molecular complexity index is 1080. The minimum Gasteiger partial charge on any atom is -0.462 e. The second-order valence-electron chi connectivity index (χ2n) is 9.98. The van der Waals surface area contributed by atoms with Crippen molar-refractivity contribution in [1.82, 2.24) is 0 Å². The number of hydrogen-bond acceptors (Lipinski definition) is 6. The van der Waals surface area contributed by atoms with Crippen LogP contribution in [0.4, 0.5) is 10.1 Å². The fraction of sp³-hybridized carbons (Fsp3) is 0.483. The third-order valence-corrected chi connectivity index (χ3v) is 6.69. The number of likely N-dealkylation sites (N-methyl/N-ethyl adjacent to an activating group) is 1. The van der Waals surface area contributed by atoms with E-state index in [0.29, 0.717) is 24.1 Å². The molecule has 4 atom stereocenters. The summed E-state index contributed by atoms with van der Waals surface area (Å²) in [5.74, 6) is -1.22. The number of benzene rings is 2. The maximum Gasteiger partial charge on any atom is 0.302 e. The molecule has 0 bridgehead atoms. The SMILES string of the molecule is CCCCC(OC(C)=O)C(CC(C)C)C(=O)C1N=C(c2ccc(F)cc2)c2ccccc2N(C)C1N.